The second-order valence-corrected chi connectivity index (χ2v) is 6.58. The van der Waals surface area contributed by atoms with Crippen LogP contribution in [0.5, 0.6) is 0 Å². The molecule has 0 saturated heterocycles. The van der Waals surface area contributed by atoms with Gasteiger partial charge in [0.2, 0.25) is 5.13 Å². The molecular formula is C10H11BrN4S2. The van der Waals surface area contributed by atoms with Gasteiger partial charge >= 0.3 is 0 Å². The maximum absolute atomic E-state index is 4.33. The highest BCUT2D eigenvalue weighted by molar-refractivity contribution is 9.10. The zero-order valence-electron chi connectivity index (χ0n) is 9.64. The number of nitrogens with zero attached hydrogens (tertiary/aromatic N) is 4. The molecule has 7 heteroatoms. The lowest BCUT2D eigenvalue weighted by Gasteiger charge is -2.04. The molecule has 0 radical (unpaired) electrons. The van der Waals surface area contributed by atoms with Crippen molar-refractivity contribution in [3.05, 3.63) is 22.3 Å². The Morgan fingerprint density at radius 2 is 2.12 bits per heavy atom. The van der Waals surface area contributed by atoms with E-state index in [1.165, 1.54) is 17.3 Å². The van der Waals surface area contributed by atoms with Gasteiger partial charge in [-0.3, -0.25) is 0 Å². The predicted octanol–water partition coefficient (Wildman–Crippen LogP) is 3.22. The van der Waals surface area contributed by atoms with Crippen LogP contribution in [0, 0.1) is 6.92 Å². The predicted molar refractivity (Wildman–Crippen MR) is 75.0 cm³/mol. The van der Waals surface area contributed by atoms with Crippen LogP contribution in [0.1, 0.15) is 5.56 Å². The summed E-state index contributed by atoms with van der Waals surface area (Å²) in [5.74, 6) is 0. The number of hydrogen-bond donors (Lipinski definition) is 0. The second-order valence-electron chi connectivity index (χ2n) is 3.59. The van der Waals surface area contributed by atoms with Crippen molar-refractivity contribution in [1.29, 1.82) is 0 Å². The van der Waals surface area contributed by atoms with Crippen molar-refractivity contribution in [3.8, 4) is 0 Å². The summed E-state index contributed by atoms with van der Waals surface area (Å²) in [6.07, 6.45) is 1.80. The number of halogens is 1. The summed E-state index contributed by atoms with van der Waals surface area (Å²) in [7, 11) is 3.91. The molecule has 0 aliphatic heterocycles. The highest BCUT2D eigenvalue weighted by atomic mass is 79.9. The molecule has 0 atom stereocenters. The van der Waals surface area contributed by atoms with Crippen LogP contribution in [-0.2, 0) is 0 Å². The van der Waals surface area contributed by atoms with E-state index in [9.17, 15) is 0 Å². The first kappa shape index (κ1) is 12.8. The quantitative estimate of drug-likeness (QED) is 0.864. The fraction of sp³-hybridized carbons (Fsp3) is 0.300. The van der Waals surface area contributed by atoms with E-state index in [1.807, 2.05) is 32.0 Å². The molecule has 0 aliphatic rings. The van der Waals surface area contributed by atoms with Crippen molar-refractivity contribution in [2.24, 2.45) is 0 Å². The summed E-state index contributed by atoms with van der Waals surface area (Å²) < 4.78 is 1.92. The van der Waals surface area contributed by atoms with Crippen LogP contribution in [0.15, 0.2) is 26.1 Å². The third-order valence-corrected chi connectivity index (χ3v) is 5.42. The summed E-state index contributed by atoms with van der Waals surface area (Å²) in [5.41, 5.74) is 1.17. The molecular weight excluding hydrogens is 320 g/mol. The van der Waals surface area contributed by atoms with Crippen LogP contribution in [0.25, 0.3) is 0 Å². The van der Waals surface area contributed by atoms with Crippen molar-refractivity contribution in [2.75, 3.05) is 19.0 Å². The Bertz CT molecular complexity index is 527. The molecule has 4 nitrogen and oxygen atoms in total. The lowest BCUT2D eigenvalue weighted by molar-refractivity contribution is 0.969. The molecule has 0 aliphatic carbocycles. The van der Waals surface area contributed by atoms with Gasteiger partial charge in [-0.05, 0) is 46.2 Å². The molecule has 0 saturated carbocycles. The number of pyridine rings is 1. The standard InChI is InChI=1S/C10H11BrN4S2/c1-6-4-5-12-8(7(6)11)16-10-14-13-9(17-10)15(2)3/h4-5H,1-3H3. The average Bonchev–Trinajstić information content (AvgIpc) is 2.73. The Kier molecular flexibility index (Phi) is 4.01. The van der Waals surface area contributed by atoms with Gasteiger partial charge < -0.3 is 4.90 Å². The minimum Gasteiger partial charge on any atom is -0.353 e. The normalized spacial score (nSPS) is 10.6. The number of aromatic nitrogens is 3. The Morgan fingerprint density at radius 1 is 1.35 bits per heavy atom. The van der Waals surface area contributed by atoms with E-state index in [-0.39, 0.29) is 0 Å². The van der Waals surface area contributed by atoms with Crippen LogP contribution in [0.3, 0.4) is 0 Å². The molecule has 2 aromatic rings. The molecule has 0 amide bonds. The van der Waals surface area contributed by atoms with E-state index in [4.69, 9.17) is 0 Å². The van der Waals surface area contributed by atoms with Crippen LogP contribution in [0.2, 0.25) is 0 Å². The van der Waals surface area contributed by atoms with Crippen molar-refractivity contribution < 1.29 is 0 Å². The first-order valence-corrected chi connectivity index (χ1v) is 7.30. The molecule has 0 N–H and O–H groups in total. The van der Waals surface area contributed by atoms with Gasteiger partial charge in [-0.25, -0.2) is 4.98 Å². The molecule has 0 bridgehead atoms. The third kappa shape index (κ3) is 2.97. The van der Waals surface area contributed by atoms with Gasteiger partial charge in [0.25, 0.3) is 0 Å². The van der Waals surface area contributed by atoms with Crippen LogP contribution in [-0.4, -0.2) is 29.3 Å². The first-order valence-electron chi connectivity index (χ1n) is 4.87. The second kappa shape index (κ2) is 5.32. The number of anilines is 1. The van der Waals surface area contributed by atoms with Gasteiger partial charge in [-0.1, -0.05) is 11.3 Å². The number of rotatable bonds is 3. The molecule has 0 fully saturated rings. The largest absolute Gasteiger partial charge is 0.353 e. The fourth-order valence-corrected chi connectivity index (χ4v) is 3.31. The maximum Gasteiger partial charge on any atom is 0.208 e. The third-order valence-electron chi connectivity index (χ3n) is 2.01. The van der Waals surface area contributed by atoms with Gasteiger partial charge in [0, 0.05) is 20.3 Å². The Labute approximate surface area is 117 Å². The summed E-state index contributed by atoms with van der Waals surface area (Å²) >= 11 is 6.62. The van der Waals surface area contributed by atoms with E-state index in [0.717, 1.165) is 19.0 Å². The monoisotopic (exact) mass is 330 g/mol. The van der Waals surface area contributed by atoms with E-state index >= 15 is 0 Å². The molecule has 90 valence electrons. The Morgan fingerprint density at radius 3 is 2.76 bits per heavy atom. The highest BCUT2D eigenvalue weighted by Gasteiger charge is 2.11. The van der Waals surface area contributed by atoms with Gasteiger partial charge in [-0.2, -0.15) is 0 Å². The molecule has 2 aromatic heterocycles. The molecule has 2 heterocycles. The van der Waals surface area contributed by atoms with Crippen LogP contribution in [0.4, 0.5) is 5.13 Å². The minimum atomic E-state index is 0.896. The van der Waals surface area contributed by atoms with Gasteiger partial charge in [0.1, 0.15) is 5.03 Å². The Hall–Kier alpha value is -0.660. The van der Waals surface area contributed by atoms with Crippen molar-refractivity contribution in [2.45, 2.75) is 16.3 Å². The molecule has 0 unspecified atom stereocenters. The summed E-state index contributed by atoms with van der Waals surface area (Å²) in [6.45, 7) is 2.04. The molecule has 2 rings (SSSR count). The molecule has 17 heavy (non-hydrogen) atoms. The smallest absolute Gasteiger partial charge is 0.208 e. The Balaban J connectivity index is 2.22. The highest BCUT2D eigenvalue weighted by Crippen LogP contribution is 2.36. The zero-order chi connectivity index (χ0) is 12.4. The van der Waals surface area contributed by atoms with E-state index in [1.54, 1.807) is 17.5 Å². The molecule has 0 spiro atoms. The number of hydrogen-bond acceptors (Lipinski definition) is 6. The minimum absolute atomic E-state index is 0.896. The zero-order valence-corrected chi connectivity index (χ0v) is 12.9. The van der Waals surface area contributed by atoms with E-state index < -0.39 is 0 Å². The molecule has 0 aromatic carbocycles. The lowest BCUT2D eigenvalue weighted by atomic mass is 10.3. The van der Waals surface area contributed by atoms with Crippen molar-refractivity contribution in [3.63, 3.8) is 0 Å². The van der Waals surface area contributed by atoms with E-state index in [2.05, 4.69) is 31.1 Å². The number of aryl methyl sites for hydroxylation is 1. The topological polar surface area (TPSA) is 41.9 Å². The van der Waals surface area contributed by atoms with Gasteiger partial charge in [0.05, 0.1) is 4.47 Å². The maximum atomic E-state index is 4.33. The average molecular weight is 331 g/mol. The van der Waals surface area contributed by atoms with Gasteiger partial charge in [0.15, 0.2) is 4.34 Å². The SMILES string of the molecule is Cc1ccnc(Sc2nnc(N(C)C)s2)c1Br. The summed E-state index contributed by atoms with van der Waals surface area (Å²) in [5, 5.41) is 10.0. The van der Waals surface area contributed by atoms with Crippen molar-refractivity contribution >= 4 is 44.2 Å². The van der Waals surface area contributed by atoms with E-state index in [0.29, 0.717) is 0 Å². The summed E-state index contributed by atoms with van der Waals surface area (Å²) in [4.78, 5) is 6.27. The van der Waals surface area contributed by atoms with Crippen molar-refractivity contribution in [1.82, 2.24) is 15.2 Å². The lowest BCUT2D eigenvalue weighted by Crippen LogP contribution is -2.07. The first-order chi connectivity index (χ1) is 8.08. The van der Waals surface area contributed by atoms with Crippen LogP contribution < -0.4 is 4.90 Å². The fourth-order valence-electron chi connectivity index (χ4n) is 1.09. The van der Waals surface area contributed by atoms with Crippen LogP contribution >= 0.6 is 39.0 Å². The summed E-state index contributed by atoms with van der Waals surface area (Å²) in [6, 6.07) is 1.97. The van der Waals surface area contributed by atoms with Gasteiger partial charge in [-0.15, -0.1) is 10.2 Å².